The number of nitrogens with zero attached hydrogens (tertiary/aromatic N) is 3. The number of imidazole rings is 1. The second-order valence-corrected chi connectivity index (χ2v) is 8.11. The smallest absolute Gasteiger partial charge is 0.416 e. The monoisotopic (exact) mass is 500 g/mol. The Hall–Kier alpha value is -3.84. The van der Waals surface area contributed by atoms with Crippen LogP contribution in [0, 0.1) is 11.3 Å². The highest BCUT2D eigenvalue weighted by Crippen LogP contribution is 2.31. The molecule has 2 aromatic carbocycles. The standard InChI is InChI=1S/C26H27F3N4O3/c1-2-35-24(34)14-21(31)7-5-13-36-23-8-4-3-6-19(23)17-33-22(15-30)16-32-25(33)18-9-11-20(12-10-18)26(27,28)29/h3-4,6,8-12,16,21H,2,5,7,13-14,17,31H2,1H3/t21-/m1/s1. The van der Waals surface area contributed by atoms with Gasteiger partial charge in [0.05, 0.1) is 37.9 Å². The summed E-state index contributed by atoms with van der Waals surface area (Å²) in [6.07, 6.45) is -1.69. The third kappa shape index (κ3) is 7.09. The maximum Gasteiger partial charge on any atom is 0.416 e. The molecule has 1 heterocycles. The van der Waals surface area contributed by atoms with Crippen molar-refractivity contribution in [3.8, 4) is 23.2 Å². The number of carbonyl (C=O) groups excluding carboxylic acids is 1. The molecule has 1 atom stereocenters. The van der Waals surface area contributed by atoms with Crippen molar-refractivity contribution in [2.45, 2.75) is 44.9 Å². The number of aromatic nitrogens is 2. The van der Waals surface area contributed by atoms with E-state index >= 15 is 0 Å². The molecule has 0 bridgehead atoms. The van der Waals surface area contributed by atoms with Gasteiger partial charge in [-0.3, -0.25) is 4.79 Å². The molecule has 0 aliphatic heterocycles. The van der Waals surface area contributed by atoms with Gasteiger partial charge in [-0.1, -0.05) is 30.3 Å². The van der Waals surface area contributed by atoms with Crippen LogP contribution in [0.1, 0.15) is 43.0 Å². The van der Waals surface area contributed by atoms with E-state index in [1.165, 1.54) is 18.3 Å². The summed E-state index contributed by atoms with van der Waals surface area (Å²) < 4.78 is 51.3. The van der Waals surface area contributed by atoms with Crippen molar-refractivity contribution < 1.29 is 27.4 Å². The Kier molecular flexibility index (Phi) is 9.08. The number of carbonyl (C=O) groups is 1. The van der Waals surface area contributed by atoms with Crippen LogP contribution in [0.3, 0.4) is 0 Å². The Morgan fingerprint density at radius 2 is 1.92 bits per heavy atom. The lowest BCUT2D eigenvalue weighted by atomic mass is 10.1. The molecule has 3 rings (SSSR count). The van der Waals surface area contributed by atoms with Gasteiger partial charge in [0, 0.05) is 17.2 Å². The van der Waals surface area contributed by atoms with Crippen LogP contribution in [0.5, 0.6) is 5.75 Å². The van der Waals surface area contributed by atoms with Gasteiger partial charge >= 0.3 is 12.1 Å². The first-order valence-electron chi connectivity index (χ1n) is 11.5. The fraction of sp³-hybridized carbons (Fsp3) is 0.346. The predicted octanol–water partition coefficient (Wildman–Crippen LogP) is 4.93. The van der Waals surface area contributed by atoms with Crippen molar-refractivity contribution >= 4 is 5.97 Å². The van der Waals surface area contributed by atoms with E-state index in [-0.39, 0.29) is 30.7 Å². The molecule has 2 N–H and O–H groups in total. The van der Waals surface area contributed by atoms with Crippen molar-refractivity contribution in [2.75, 3.05) is 13.2 Å². The number of nitrogens with two attached hydrogens (primary N) is 1. The van der Waals surface area contributed by atoms with Crippen LogP contribution in [-0.2, 0) is 22.3 Å². The highest BCUT2D eigenvalue weighted by molar-refractivity contribution is 5.70. The molecule has 0 radical (unpaired) electrons. The highest BCUT2D eigenvalue weighted by atomic mass is 19.4. The average Bonchev–Trinajstić information content (AvgIpc) is 3.25. The normalized spacial score (nSPS) is 12.1. The van der Waals surface area contributed by atoms with Crippen LogP contribution in [0.15, 0.2) is 54.7 Å². The summed E-state index contributed by atoms with van der Waals surface area (Å²) in [6, 6.07) is 13.7. The number of esters is 1. The SMILES string of the molecule is CCOC(=O)C[C@H](N)CCCOc1ccccc1Cn1c(C#N)cnc1-c1ccc(C(F)(F)F)cc1. The van der Waals surface area contributed by atoms with E-state index in [0.717, 1.165) is 17.7 Å². The van der Waals surface area contributed by atoms with Gasteiger partial charge in [0.1, 0.15) is 23.3 Å². The Morgan fingerprint density at radius 1 is 1.19 bits per heavy atom. The Bertz CT molecular complexity index is 1200. The molecular formula is C26H27F3N4O3. The summed E-state index contributed by atoms with van der Waals surface area (Å²) in [4.78, 5) is 15.8. The number of rotatable bonds is 11. The first kappa shape index (κ1) is 26.8. The topological polar surface area (TPSA) is 103 Å². The van der Waals surface area contributed by atoms with Gasteiger partial charge in [0.25, 0.3) is 0 Å². The number of halogens is 3. The Balaban J connectivity index is 1.71. The molecule has 1 aromatic heterocycles. The van der Waals surface area contributed by atoms with Gasteiger partial charge < -0.3 is 19.8 Å². The predicted molar refractivity (Wildman–Crippen MR) is 127 cm³/mol. The molecule has 190 valence electrons. The van der Waals surface area contributed by atoms with Crippen LogP contribution in [0.2, 0.25) is 0 Å². The van der Waals surface area contributed by atoms with Crippen molar-refractivity contribution in [2.24, 2.45) is 5.73 Å². The van der Waals surface area contributed by atoms with Gasteiger partial charge in [-0.15, -0.1) is 0 Å². The quantitative estimate of drug-likeness (QED) is 0.296. The maximum absolute atomic E-state index is 12.9. The number of ether oxygens (including phenoxy) is 2. The van der Waals surface area contributed by atoms with Gasteiger partial charge in [0.2, 0.25) is 0 Å². The summed E-state index contributed by atoms with van der Waals surface area (Å²) in [6.45, 7) is 2.66. The second-order valence-electron chi connectivity index (χ2n) is 8.11. The number of nitriles is 1. The largest absolute Gasteiger partial charge is 0.493 e. The lowest BCUT2D eigenvalue weighted by Crippen LogP contribution is -2.25. The zero-order valence-corrected chi connectivity index (χ0v) is 19.8. The molecule has 0 fully saturated rings. The van der Waals surface area contributed by atoms with Crippen molar-refractivity contribution in [3.63, 3.8) is 0 Å². The summed E-state index contributed by atoms with van der Waals surface area (Å²) in [7, 11) is 0. The lowest BCUT2D eigenvalue weighted by molar-refractivity contribution is -0.143. The van der Waals surface area contributed by atoms with Gasteiger partial charge in [-0.05, 0) is 38.0 Å². The summed E-state index contributed by atoms with van der Waals surface area (Å²) in [5, 5.41) is 9.56. The minimum atomic E-state index is -4.44. The molecule has 0 spiro atoms. The van der Waals surface area contributed by atoms with Gasteiger partial charge in [-0.2, -0.15) is 18.4 Å². The highest BCUT2D eigenvalue weighted by Gasteiger charge is 2.30. The fourth-order valence-corrected chi connectivity index (χ4v) is 3.67. The van der Waals surface area contributed by atoms with Crippen LogP contribution in [0.25, 0.3) is 11.4 Å². The molecule has 36 heavy (non-hydrogen) atoms. The summed E-state index contributed by atoms with van der Waals surface area (Å²) in [5.41, 5.74) is 6.72. The van der Waals surface area contributed by atoms with Crippen LogP contribution in [0.4, 0.5) is 13.2 Å². The molecule has 0 aliphatic rings. The molecule has 0 amide bonds. The summed E-state index contributed by atoms with van der Waals surface area (Å²) in [5.74, 6) is 0.654. The van der Waals surface area contributed by atoms with E-state index in [1.807, 2.05) is 18.2 Å². The average molecular weight is 501 g/mol. The van der Waals surface area contributed by atoms with Crippen molar-refractivity contribution in [1.29, 1.82) is 5.26 Å². The molecule has 3 aromatic rings. The molecule has 0 saturated carbocycles. The van der Waals surface area contributed by atoms with E-state index in [0.29, 0.717) is 43.2 Å². The van der Waals surface area contributed by atoms with E-state index in [4.69, 9.17) is 15.2 Å². The molecule has 0 unspecified atom stereocenters. The maximum atomic E-state index is 12.9. The van der Waals surface area contributed by atoms with Crippen molar-refractivity contribution in [3.05, 3.63) is 71.5 Å². The second kappa shape index (κ2) is 12.2. The first-order valence-corrected chi connectivity index (χ1v) is 11.5. The fourth-order valence-electron chi connectivity index (χ4n) is 3.67. The molecule has 0 saturated heterocycles. The first-order chi connectivity index (χ1) is 17.2. The number of hydrogen-bond donors (Lipinski definition) is 1. The van der Waals surface area contributed by atoms with Crippen LogP contribution >= 0.6 is 0 Å². The third-order valence-corrected chi connectivity index (χ3v) is 5.45. The number of benzene rings is 2. The zero-order valence-electron chi connectivity index (χ0n) is 19.8. The van der Waals surface area contributed by atoms with E-state index in [1.54, 1.807) is 17.6 Å². The van der Waals surface area contributed by atoms with Crippen molar-refractivity contribution in [1.82, 2.24) is 9.55 Å². The van der Waals surface area contributed by atoms with Crippen LogP contribution < -0.4 is 10.5 Å². The molecule has 10 heteroatoms. The molecule has 0 aliphatic carbocycles. The molecule has 7 nitrogen and oxygen atoms in total. The van der Waals surface area contributed by atoms with E-state index in [2.05, 4.69) is 11.1 Å². The third-order valence-electron chi connectivity index (χ3n) is 5.45. The zero-order chi connectivity index (χ0) is 26.1. The van der Waals surface area contributed by atoms with E-state index in [9.17, 15) is 23.2 Å². The Morgan fingerprint density at radius 3 is 2.58 bits per heavy atom. The van der Waals surface area contributed by atoms with Gasteiger partial charge in [0.15, 0.2) is 0 Å². The summed E-state index contributed by atoms with van der Waals surface area (Å²) >= 11 is 0. The molecular weight excluding hydrogens is 473 g/mol. The Labute approximate surface area is 207 Å². The minimum Gasteiger partial charge on any atom is -0.493 e. The minimum absolute atomic E-state index is 0.148. The number of hydrogen-bond acceptors (Lipinski definition) is 6. The van der Waals surface area contributed by atoms with E-state index < -0.39 is 11.7 Å². The number of para-hydroxylation sites is 1. The lowest BCUT2D eigenvalue weighted by Gasteiger charge is -2.15. The van der Waals surface area contributed by atoms with Crippen LogP contribution in [-0.4, -0.2) is 34.8 Å². The van der Waals surface area contributed by atoms with Gasteiger partial charge in [-0.25, -0.2) is 4.98 Å². The number of alkyl halides is 3.